The first-order chi connectivity index (χ1) is 6.19. The Morgan fingerprint density at radius 1 is 1.23 bits per heavy atom. The highest BCUT2D eigenvalue weighted by Gasteiger charge is 2.04. The van der Waals surface area contributed by atoms with E-state index in [1.807, 2.05) is 0 Å². The van der Waals surface area contributed by atoms with Gasteiger partial charge >= 0.3 is 0 Å². The lowest BCUT2D eigenvalue weighted by Crippen LogP contribution is -1.94. The van der Waals surface area contributed by atoms with Crippen molar-refractivity contribution in [2.24, 2.45) is 0 Å². The molecule has 13 heavy (non-hydrogen) atoms. The summed E-state index contributed by atoms with van der Waals surface area (Å²) in [4.78, 5) is 11.1. The highest BCUT2D eigenvalue weighted by Crippen LogP contribution is 2.23. The highest BCUT2D eigenvalue weighted by molar-refractivity contribution is 5.42. The molecule has 0 heterocycles. The van der Waals surface area contributed by atoms with E-state index >= 15 is 0 Å². The lowest BCUT2D eigenvalue weighted by atomic mass is 10.4. The molecule has 0 saturated carbocycles. The minimum absolute atomic E-state index is 0.104. The number of hydrogen-bond donors (Lipinski definition) is 1. The molecule has 0 atom stereocenters. The van der Waals surface area contributed by atoms with Crippen LogP contribution >= 0.6 is 0 Å². The predicted molar refractivity (Wildman–Crippen MR) is 47.5 cm³/mol. The first-order valence-corrected chi connectivity index (χ1v) is 3.64. The first kappa shape index (κ1) is 9.38. The number of ether oxygens (including phenoxy) is 2. The molecule has 4 heteroatoms. The Morgan fingerprint density at radius 3 is 2.46 bits per heavy atom. The third-order valence-corrected chi connectivity index (χ3v) is 1.59. The van der Waals surface area contributed by atoms with Gasteiger partial charge in [0, 0.05) is 6.07 Å². The number of rotatable bonds is 2. The molecule has 0 radical (unpaired) electrons. The number of aromatic hydroxyl groups is 1. The molecule has 1 aromatic rings. The SMILES string of the molecule is COc1ccc(=O)c(O)c(OC)c1. The Labute approximate surface area is 75.4 Å². The van der Waals surface area contributed by atoms with Crippen LogP contribution in [-0.4, -0.2) is 19.3 Å². The lowest BCUT2D eigenvalue weighted by molar-refractivity contribution is 0.367. The van der Waals surface area contributed by atoms with E-state index in [9.17, 15) is 9.90 Å². The van der Waals surface area contributed by atoms with Crippen LogP contribution in [0.25, 0.3) is 0 Å². The molecule has 0 aromatic heterocycles. The Bertz CT molecular complexity index is 359. The van der Waals surface area contributed by atoms with E-state index in [0.717, 1.165) is 0 Å². The largest absolute Gasteiger partial charge is 0.502 e. The lowest BCUT2D eigenvalue weighted by Gasteiger charge is -1.98. The van der Waals surface area contributed by atoms with Crippen LogP contribution < -0.4 is 14.9 Å². The molecule has 4 nitrogen and oxygen atoms in total. The predicted octanol–water partition coefficient (Wildman–Crippen LogP) is 0.770. The van der Waals surface area contributed by atoms with Gasteiger partial charge in [-0.15, -0.1) is 0 Å². The van der Waals surface area contributed by atoms with Crippen LogP contribution in [-0.2, 0) is 0 Å². The average Bonchev–Trinajstić information content (AvgIpc) is 2.29. The van der Waals surface area contributed by atoms with Gasteiger partial charge < -0.3 is 14.6 Å². The van der Waals surface area contributed by atoms with Gasteiger partial charge in [0.25, 0.3) is 0 Å². The Balaban J connectivity index is 3.43. The van der Waals surface area contributed by atoms with Crippen LogP contribution in [0.5, 0.6) is 17.2 Å². The van der Waals surface area contributed by atoms with Crippen LogP contribution in [0.1, 0.15) is 0 Å². The van der Waals surface area contributed by atoms with Crippen molar-refractivity contribution in [2.75, 3.05) is 14.2 Å². The summed E-state index contributed by atoms with van der Waals surface area (Å²) in [6.45, 7) is 0. The maximum Gasteiger partial charge on any atom is 0.224 e. The summed E-state index contributed by atoms with van der Waals surface area (Å²) in [5.41, 5.74) is -0.500. The van der Waals surface area contributed by atoms with Crippen LogP contribution in [0.3, 0.4) is 0 Å². The molecule has 1 N–H and O–H groups in total. The molecule has 1 rings (SSSR count). The fraction of sp³-hybridized carbons (Fsp3) is 0.222. The van der Waals surface area contributed by atoms with Crippen molar-refractivity contribution in [3.8, 4) is 17.2 Å². The molecule has 0 aliphatic carbocycles. The average molecular weight is 182 g/mol. The van der Waals surface area contributed by atoms with Gasteiger partial charge in [-0.3, -0.25) is 4.79 Å². The molecule has 0 bridgehead atoms. The fourth-order valence-electron chi connectivity index (χ4n) is 0.886. The maximum absolute atomic E-state index is 11.1. The van der Waals surface area contributed by atoms with Gasteiger partial charge in [0.05, 0.1) is 14.2 Å². The minimum Gasteiger partial charge on any atom is -0.502 e. The molecule has 0 aliphatic rings. The summed E-state index contributed by atoms with van der Waals surface area (Å²) in [5, 5.41) is 9.28. The Morgan fingerprint density at radius 2 is 1.92 bits per heavy atom. The number of methoxy groups -OCH3 is 2. The number of hydrogen-bond acceptors (Lipinski definition) is 4. The summed E-state index contributed by atoms with van der Waals surface area (Å²) >= 11 is 0. The van der Waals surface area contributed by atoms with Crippen LogP contribution in [0, 0.1) is 0 Å². The molecule has 0 aliphatic heterocycles. The van der Waals surface area contributed by atoms with E-state index in [1.165, 1.54) is 32.4 Å². The third-order valence-electron chi connectivity index (χ3n) is 1.59. The summed E-state index contributed by atoms with van der Waals surface area (Å²) in [5.74, 6) is 0.145. The van der Waals surface area contributed by atoms with Crippen molar-refractivity contribution in [3.63, 3.8) is 0 Å². The van der Waals surface area contributed by atoms with Gasteiger partial charge in [-0.05, 0) is 12.1 Å². The zero-order valence-corrected chi connectivity index (χ0v) is 7.40. The third kappa shape index (κ3) is 1.90. The van der Waals surface area contributed by atoms with Crippen molar-refractivity contribution in [2.45, 2.75) is 0 Å². The van der Waals surface area contributed by atoms with Crippen LogP contribution in [0.2, 0.25) is 0 Å². The van der Waals surface area contributed by atoms with Gasteiger partial charge in [-0.25, -0.2) is 0 Å². The van der Waals surface area contributed by atoms with E-state index in [4.69, 9.17) is 9.47 Å². The molecular weight excluding hydrogens is 172 g/mol. The molecular formula is C9H10O4. The smallest absolute Gasteiger partial charge is 0.224 e. The van der Waals surface area contributed by atoms with E-state index < -0.39 is 11.2 Å². The standard InChI is InChI=1S/C9H10O4/c1-12-6-3-4-7(10)9(11)8(5-6)13-2/h3-5H,1-2H3,(H,10,11). The Kier molecular flexibility index (Phi) is 2.74. The molecule has 0 unspecified atom stereocenters. The van der Waals surface area contributed by atoms with Gasteiger partial charge in [0.2, 0.25) is 11.2 Å². The normalized spacial score (nSPS) is 9.38. The van der Waals surface area contributed by atoms with E-state index in [2.05, 4.69) is 0 Å². The molecule has 1 aromatic carbocycles. The van der Waals surface area contributed by atoms with Crippen LogP contribution in [0.4, 0.5) is 0 Å². The van der Waals surface area contributed by atoms with Crippen LogP contribution in [0.15, 0.2) is 23.0 Å². The summed E-state index contributed by atoms with van der Waals surface area (Å²) < 4.78 is 9.69. The Hall–Kier alpha value is -1.71. The summed E-state index contributed by atoms with van der Waals surface area (Å²) in [7, 11) is 2.84. The van der Waals surface area contributed by atoms with Crippen molar-refractivity contribution in [1.29, 1.82) is 0 Å². The van der Waals surface area contributed by atoms with Crippen molar-refractivity contribution >= 4 is 0 Å². The monoisotopic (exact) mass is 182 g/mol. The van der Waals surface area contributed by atoms with Crippen molar-refractivity contribution < 1.29 is 14.6 Å². The highest BCUT2D eigenvalue weighted by atomic mass is 16.5. The molecule has 70 valence electrons. The maximum atomic E-state index is 11.1. The first-order valence-electron chi connectivity index (χ1n) is 3.64. The second kappa shape index (κ2) is 3.80. The summed E-state index contributed by atoms with van der Waals surface area (Å²) in [6, 6.07) is 4.12. The van der Waals surface area contributed by atoms with Gasteiger partial charge in [0.1, 0.15) is 5.75 Å². The van der Waals surface area contributed by atoms with E-state index in [0.29, 0.717) is 5.75 Å². The second-order valence-electron chi connectivity index (χ2n) is 2.37. The van der Waals surface area contributed by atoms with Gasteiger partial charge in [-0.1, -0.05) is 0 Å². The van der Waals surface area contributed by atoms with Crippen molar-refractivity contribution in [1.82, 2.24) is 0 Å². The molecule has 0 amide bonds. The van der Waals surface area contributed by atoms with E-state index in [1.54, 1.807) is 0 Å². The second-order valence-corrected chi connectivity index (χ2v) is 2.37. The minimum atomic E-state index is -0.500. The zero-order chi connectivity index (χ0) is 9.84. The zero-order valence-electron chi connectivity index (χ0n) is 7.40. The van der Waals surface area contributed by atoms with E-state index in [-0.39, 0.29) is 5.75 Å². The van der Waals surface area contributed by atoms with Gasteiger partial charge in [0.15, 0.2) is 5.75 Å². The van der Waals surface area contributed by atoms with Crippen molar-refractivity contribution in [3.05, 3.63) is 28.4 Å². The molecule has 0 saturated heterocycles. The quantitative estimate of drug-likeness (QED) is 0.734. The fourth-order valence-corrected chi connectivity index (χ4v) is 0.886. The topological polar surface area (TPSA) is 55.8 Å². The summed E-state index contributed by atoms with van der Waals surface area (Å²) in [6.07, 6.45) is 0. The molecule has 0 fully saturated rings. The molecule has 0 spiro atoms. The van der Waals surface area contributed by atoms with Gasteiger partial charge in [-0.2, -0.15) is 0 Å².